The lowest BCUT2D eigenvalue weighted by molar-refractivity contribution is -0.152. The van der Waals surface area contributed by atoms with Crippen molar-refractivity contribution in [2.75, 3.05) is 19.0 Å². The second-order valence-corrected chi connectivity index (χ2v) is 12.9. The van der Waals surface area contributed by atoms with Crippen LogP contribution >= 0.6 is 24.0 Å². The van der Waals surface area contributed by atoms with Gasteiger partial charge in [0.05, 0.1) is 17.4 Å². The van der Waals surface area contributed by atoms with Crippen molar-refractivity contribution in [3.05, 3.63) is 59.0 Å². The summed E-state index contributed by atoms with van der Waals surface area (Å²) in [5.41, 5.74) is 3.90. The Bertz CT molecular complexity index is 1360. The van der Waals surface area contributed by atoms with Crippen molar-refractivity contribution in [2.24, 2.45) is 23.2 Å². The number of thioether (sulfide) groups is 1. The van der Waals surface area contributed by atoms with Crippen LogP contribution in [0, 0.1) is 23.2 Å². The van der Waals surface area contributed by atoms with Gasteiger partial charge in [-0.1, -0.05) is 36.0 Å². The normalized spacial score (nSPS) is 27.7. The minimum Gasteiger partial charge on any atom is -0.493 e. The Labute approximate surface area is 242 Å². The zero-order valence-corrected chi connectivity index (χ0v) is 23.8. The number of para-hydroxylation sites is 1. The van der Waals surface area contributed by atoms with Gasteiger partial charge in [0.25, 0.3) is 11.8 Å². The number of carbonyl (C=O) groups is 3. The van der Waals surface area contributed by atoms with Gasteiger partial charge in [0, 0.05) is 5.69 Å². The Morgan fingerprint density at radius 2 is 1.73 bits per heavy atom. The highest BCUT2D eigenvalue weighted by molar-refractivity contribution is 8.26. The van der Waals surface area contributed by atoms with Gasteiger partial charge in [-0.05, 0) is 104 Å². The number of benzene rings is 2. The molecule has 0 unspecified atom stereocenters. The van der Waals surface area contributed by atoms with Gasteiger partial charge in [0.15, 0.2) is 22.4 Å². The van der Waals surface area contributed by atoms with E-state index in [9.17, 15) is 14.4 Å². The topological polar surface area (TPSA) is 97.0 Å². The van der Waals surface area contributed by atoms with E-state index in [1.54, 1.807) is 36.4 Å². The largest absolute Gasteiger partial charge is 0.493 e. The molecule has 1 aliphatic heterocycles. The zero-order valence-electron chi connectivity index (χ0n) is 22.2. The van der Waals surface area contributed by atoms with Crippen LogP contribution in [0.15, 0.2) is 53.4 Å². The van der Waals surface area contributed by atoms with E-state index in [0.29, 0.717) is 49.7 Å². The lowest BCUT2D eigenvalue weighted by Gasteiger charge is -2.55. The van der Waals surface area contributed by atoms with Gasteiger partial charge in [-0.25, -0.2) is 0 Å². The number of hydrogen-bond donors (Lipinski definition) is 2. The van der Waals surface area contributed by atoms with E-state index in [0.717, 1.165) is 31.0 Å². The predicted molar refractivity (Wildman–Crippen MR) is 157 cm³/mol. The fourth-order valence-electron chi connectivity index (χ4n) is 7.08. The Balaban J connectivity index is 1.10. The van der Waals surface area contributed by atoms with Crippen molar-refractivity contribution in [3.8, 4) is 11.5 Å². The fraction of sp³-hybridized carbons (Fsp3) is 0.400. The van der Waals surface area contributed by atoms with Crippen molar-refractivity contribution in [1.82, 2.24) is 10.4 Å². The average Bonchev–Trinajstić information content (AvgIpc) is 3.19. The molecule has 4 saturated carbocycles. The van der Waals surface area contributed by atoms with Gasteiger partial charge >= 0.3 is 0 Å². The molecule has 0 aromatic heterocycles. The van der Waals surface area contributed by atoms with E-state index >= 15 is 0 Å². The summed E-state index contributed by atoms with van der Waals surface area (Å²) in [4.78, 5) is 39.4. The molecule has 0 radical (unpaired) electrons. The van der Waals surface area contributed by atoms with Crippen LogP contribution in [0.1, 0.15) is 44.1 Å². The smallest absolute Gasteiger partial charge is 0.285 e. The lowest BCUT2D eigenvalue weighted by atomic mass is 9.49. The van der Waals surface area contributed by atoms with Crippen LogP contribution < -0.4 is 20.2 Å². The van der Waals surface area contributed by atoms with Crippen LogP contribution in [-0.4, -0.2) is 40.8 Å². The maximum atomic E-state index is 13.5. The number of hydrogen-bond acceptors (Lipinski definition) is 7. The minimum absolute atomic E-state index is 0.0661. The lowest BCUT2D eigenvalue weighted by Crippen LogP contribution is -2.57. The number of anilines is 1. The van der Waals surface area contributed by atoms with Gasteiger partial charge in [0.2, 0.25) is 5.91 Å². The summed E-state index contributed by atoms with van der Waals surface area (Å²) < 4.78 is 11.5. The van der Waals surface area contributed by atoms with Gasteiger partial charge in [-0.15, -0.1) is 0 Å². The predicted octanol–water partition coefficient (Wildman–Crippen LogP) is 5.16. The summed E-state index contributed by atoms with van der Waals surface area (Å²) >= 11 is 6.63. The molecule has 7 rings (SSSR count). The first-order valence-corrected chi connectivity index (χ1v) is 14.8. The fourth-order valence-corrected chi connectivity index (χ4v) is 8.26. The number of nitrogens with one attached hydrogen (secondary N) is 2. The third-order valence-electron chi connectivity index (χ3n) is 8.43. The van der Waals surface area contributed by atoms with Gasteiger partial charge < -0.3 is 14.8 Å². The molecule has 0 spiro atoms. The van der Waals surface area contributed by atoms with E-state index < -0.39 is 0 Å². The quantitative estimate of drug-likeness (QED) is 0.330. The molecule has 5 aliphatic rings. The minimum atomic E-state index is -0.372. The first kappa shape index (κ1) is 26.8. The van der Waals surface area contributed by atoms with Crippen LogP contribution in [0.4, 0.5) is 5.69 Å². The average molecular weight is 578 g/mol. The zero-order chi connectivity index (χ0) is 27.9. The van der Waals surface area contributed by atoms with Crippen LogP contribution in [0.5, 0.6) is 11.5 Å². The summed E-state index contributed by atoms with van der Waals surface area (Å²) in [6.45, 7) is -0.188. The van der Waals surface area contributed by atoms with E-state index in [2.05, 4.69) is 10.7 Å². The molecule has 1 heterocycles. The van der Waals surface area contributed by atoms with Gasteiger partial charge in [-0.2, -0.15) is 5.01 Å². The third kappa shape index (κ3) is 5.34. The number of carbonyl (C=O) groups excluding carboxylic acids is 3. The molecule has 5 fully saturated rings. The standard InChI is InChI=1S/C30H31N3O5S2/c1-37-24-12-18(7-8-23(24)38-17-26(34)31-22-5-3-2-4-6-22)13-25-27(35)33(29(39)40-25)32-28(36)30-14-19-9-20(15-30)11-21(10-19)16-30/h2-8,12-13,19-21H,9-11,14-17H2,1H3,(H,31,34)(H,32,36). The monoisotopic (exact) mass is 577 g/mol. The molecule has 0 atom stereocenters. The molecule has 4 bridgehead atoms. The van der Waals surface area contributed by atoms with Gasteiger partial charge in [0.1, 0.15) is 0 Å². The van der Waals surface area contributed by atoms with Crippen molar-refractivity contribution in [3.63, 3.8) is 0 Å². The van der Waals surface area contributed by atoms with Crippen molar-refractivity contribution < 1.29 is 23.9 Å². The highest BCUT2D eigenvalue weighted by Crippen LogP contribution is 2.60. The number of thiocarbonyl (C=S) groups is 1. The summed E-state index contributed by atoms with van der Waals surface area (Å²) in [6, 6.07) is 14.3. The van der Waals surface area contributed by atoms with Crippen LogP contribution in [0.3, 0.4) is 0 Å². The van der Waals surface area contributed by atoms with E-state index in [1.165, 1.54) is 31.4 Å². The molecule has 2 N–H and O–H groups in total. The molecular weight excluding hydrogens is 546 g/mol. The molecular formula is C30H31N3O5S2. The van der Waals surface area contributed by atoms with Crippen molar-refractivity contribution >= 4 is 57.8 Å². The molecule has 8 nitrogen and oxygen atoms in total. The molecule has 208 valence electrons. The molecule has 10 heteroatoms. The maximum Gasteiger partial charge on any atom is 0.285 e. The summed E-state index contributed by atoms with van der Waals surface area (Å²) in [5.74, 6) is 2.00. The second kappa shape index (κ2) is 10.9. The van der Waals surface area contributed by atoms with E-state index in [-0.39, 0.29) is 29.7 Å². The van der Waals surface area contributed by atoms with E-state index in [1.807, 2.05) is 18.2 Å². The number of ether oxygens (including phenoxy) is 2. The molecule has 2 aromatic carbocycles. The van der Waals surface area contributed by atoms with Crippen LogP contribution in [0.2, 0.25) is 0 Å². The molecule has 3 amide bonds. The number of amides is 3. The highest BCUT2D eigenvalue weighted by atomic mass is 32.2. The van der Waals surface area contributed by atoms with Crippen LogP contribution in [0.25, 0.3) is 6.08 Å². The Morgan fingerprint density at radius 1 is 1.05 bits per heavy atom. The number of methoxy groups -OCH3 is 1. The molecule has 1 saturated heterocycles. The molecule has 4 aliphatic carbocycles. The SMILES string of the molecule is COc1cc(C=C2SC(=S)N(NC(=O)C34CC5CC(CC(C5)C3)C4)C2=O)ccc1OCC(=O)Nc1ccccc1. The van der Waals surface area contributed by atoms with E-state index in [4.69, 9.17) is 21.7 Å². The van der Waals surface area contributed by atoms with Gasteiger partial charge in [-0.3, -0.25) is 19.8 Å². The van der Waals surface area contributed by atoms with Crippen molar-refractivity contribution in [2.45, 2.75) is 38.5 Å². The van der Waals surface area contributed by atoms with Crippen LogP contribution in [-0.2, 0) is 14.4 Å². The summed E-state index contributed by atoms with van der Waals surface area (Å²) in [5, 5.41) is 4.00. The third-order valence-corrected chi connectivity index (χ3v) is 9.73. The molecule has 2 aromatic rings. The van der Waals surface area contributed by atoms with Crippen molar-refractivity contribution in [1.29, 1.82) is 0 Å². The Kier molecular flexibility index (Phi) is 7.31. The first-order valence-electron chi connectivity index (χ1n) is 13.6. The second-order valence-electron chi connectivity index (χ2n) is 11.3. The summed E-state index contributed by atoms with van der Waals surface area (Å²) in [6.07, 6.45) is 8.18. The maximum absolute atomic E-state index is 13.5. The number of hydrazine groups is 1. The Morgan fingerprint density at radius 3 is 2.38 bits per heavy atom. The Hall–Kier alpha value is -3.37. The molecule has 40 heavy (non-hydrogen) atoms. The number of rotatable bonds is 8. The summed E-state index contributed by atoms with van der Waals surface area (Å²) in [7, 11) is 1.51. The number of nitrogens with zero attached hydrogens (tertiary/aromatic N) is 1. The highest BCUT2D eigenvalue weighted by Gasteiger charge is 2.55. The first-order chi connectivity index (χ1) is 19.3.